The van der Waals surface area contributed by atoms with Crippen LogP contribution >= 0.6 is 0 Å². The van der Waals surface area contributed by atoms with Crippen LogP contribution in [0.15, 0.2) is 41.2 Å². The van der Waals surface area contributed by atoms with Crippen molar-refractivity contribution in [3.63, 3.8) is 0 Å². The minimum Gasteiger partial charge on any atom is -0.478 e. The van der Waals surface area contributed by atoms with Crippen molar-refractivity contribution in [2.75, 3.05) is 14.1 Å². The average Bonchev–Trinajstić information content (AvgIpc) is 3.34. The SMILES string of the molecule is CN(C)C(=O)Cn1c(-c2ccoc2)c(C2CCCCC2)c2ccc(C(=O)O)cc21. The van der Waals surface area contributed by atoms with Crippen LogP contribution in [0, 0.1) is 0 Å². The van der Waals surface area contributed by atoms with Gasteiger partial charge in [0.15, 0.2) is 0 Å². The number of furan rings is 1. The highest BCUT2D eigenvalue weighted by atomic mass is 16.4. The molecule has 0 radical (unpaired) electrons. The molecule has 1 amide bonds. The number of carboxylic acid groups (broad SMARTS) is 1. The fraction of sp³-hybridized carbons (Fsp3) is 0.391. The van der Waals surface area contributed by atoms with Crippen LogP contribution in [-0.4, -0.2) is 40.5 Å². The molecule has 4 rings (SSSR count). The number of carbonyl (C=O) groups excluding carboxylic acids is 1. The first-order chi connectivity index (χ1) is 14.0. The molecule has 2 aromatic heterocycles. The number of nitrogens with zero attached hydrogens (tertiary/aromatic N) is 2. The van der Waals surface area contributed by atoms with Crippen LogP contribution in [0.25, 0.3) is 22.2 Å². The van der Waals surface area contributed by atoms with Gasteiger partial charge in [0, 0.05) is 25.0 Å². The van der Waals surface area contributed by atoms with E-state index in [0.29, 0.717) is 5.92 Å². The zero-order chi connectivity index (χ0) is 20.5. The predicted molar refractivity (Wildman–Crippen MR) is 111 cm³/mol. The molecule has 1 N–H and O–H groups in total. The monoisotopic (exact) mass is 394 g/mol. The van der Waals surface area contributed by atoms with Crippen molar-refractivity contribution < 1.29 is 19.1 Å². The number of amides is 1. The van der Waals surface area contributed by atoms with E-state index in [9.17, 15) is 14.7 Å². The Labute approximate surface area is 169 Å². The number of carboxylic acids is 1. The number of hydrogen-bond acceptors (Lipinski definition) is 3. The van der Waals surface area contributed by atoms with Gasteiger partial charge in [-0.15, -0.1) is 0 Å². The molecule has 29 heavy (non-hydrogen) atoms. The van der Waals surface area contributed by atoms with Gasteiger partial charge in [-0.2, -0.15) is 0 Å². The lowest BCUT2D eigenvalue weighted by Gasteiger charge is -2.23. The summed E-state index contributed by atoms with van der Waals surface area (Å²) in [5, 5.41) is 10.5. The van der Waals surface area contributed by atoms with Crippen LogP contribution in [-0.2, 0) is 11.3 Å². The fourth-order valence-corrected chi connectivity index (χ4v) is 4.47. The maximum absolute atomic E-state index is 12.6. The topological polar surface area (TPSA) is 75.7 Å². The number of benzene rings is 1. The van der Waals surface area contributed by atoms with Gasteiger partial charge in [0.05, 0.1) is 29.3 Å². The van der Waals surface area contributed by atoms with Crippen LogP contribution in [0.5, 0.6) is 0 Å². The second-order valence-corrected chi connectivity index (χ2v) is 8.02. The first kappa shape index (κ1) is 19.3. The van der Waals surface area contributed by atoms with Gasteiger partial charge in [-0.3, -0.25) is 4.79 Å². The molecule has 2 heterocycles. The molecule has 1 aliphatic rings. The first-order valence-corrected chi connectivity index (χ1v) is 10.1. The summed E-state index contributed by atoms with van der Waals surface area (Å²) >= 11 is 0. The summed E-state index contributed by atoms with van der Waals surface area (Å²) in [7, 11) is 3.46. The third kappa shape index (κ3) is 3.55. The molecule has 0 unspecified atom stereocenters. The van der Waals surface area contributed by atoms with E-state index in [1.165, 1.54) is 24.8 Å². The van der Waals surface area contributed by atoms with Crippen molar-refractivity contribution in [1.29, 1.82) is 0 Å². The molecule has 1 aromatic carbocycles. The van der Waals surface area contributed by atoms with Gasteiger partial charge in [-0.1, -0.05) is 25.3 Å². The molecular formula is C23H26N2O4. The highest BCUT2D eigenvalue weighted by molar-refractivity contribution is 5.98. The number of aromatic carboxylic acids is 1. The molecule has 0 aliphatic heterocycles. The third-order valence-electron chi connectivity index (χ3n) is 5.95. The Morgan fingerprint density at radius 3 is 2.55 bits per heavy atom. The van der Waals surface area contributed by atoms with Crippen LogP contribution in [0.2, 0.25) is 0 Å². The van der Waals surface area contributed by atoms with Gasteiger partial charge < -0.3 is 19.0 Å². The van der Waals surface area contributed by atoms with Crippen molar-refractivity contribution in [3.8, 4) is 11.3 Å². The maximum atomic E-state index is 12.6. The molecule has 1 aliphatic carbocycles. The van der Waals surface area contributed by atoms with Crippen molar-refractivity contribution >= 4 is 22.8 Å². The molecule has 0 saturated heterocycles. The van der Waals surface area contributed by atoms with Crippen molar-refractivity contribution in [3.05, 3.63) is 47.9 Å². The number of rotatable bonds is 5. The first-order valence-electron chi connectivity index (χ1n) is 10.1. The largest absolute Gasteiger partial charge is 0.478 e. The van der Waals surface area contributed by atoms with E-state index in [1.54, 1.807) is 43.7 Å². The molecule has 6 heteroatoms. The van der Waals surface area contributed by atoms with Crippen LogP contribution in [0.4, 0.5) is 0 Å². The molecular weight excluding hydrogens is 368 g/mol. The number of likely N-dealkylation sites (N-methyl/N-ethyl adjacent to an activating group) is 1. The minimum atomic E-state index is -0.970. The Morgan fingerprint density at radius 1 is 1.17 bits per heavy atom. The average molecular weight is 394 g/mol. The zero-order valence-electron chi connectivity index (χ0n) is 16.9. The smallest absolute Gasteiger partial charge is 0.335 e. The van der Waals surface area contributed by atoms with Gasteiger partial charge in [0.25, 0.3) is 0 Å². The summed E-state index contributed by atoms with van der Waals surface area (Å²) in [6.45, 7) is 0.153. The van der Waals surface area contributed by atoms with E-state index >= 15 is 0 Å². The van der Waals surface area contributed by atoms with Gasteiger partial charge >= 0.3 is 5.97 Å². The molecule has 6 nitrogen and oxygen atoms in total. The molecule has 3 aromatic rings. The quantitative estimate of drug-likeness (QED) is 0.678. The van der Waals surface area contributed by atoms with Crippen LogP contribution in [0.1, 0.15) is 53.9 Å². The molecule has 1 saturated carbocycles. The molecule has 0 atom stereocenters. The second kappa shape index (κ2) is 7.78. The summed E-state index contributed by atoms with van der Waals surface area (Å²) in [4.78, 5) is 25.8. The minimum absolute atomic E-state index is 0.0393. The van der Waals surface area contributed by atoms with E-state index < -0.39 is 5.97 Å². The molecule has 152 valence electrons. The van der Waals surface area contributed by atoms with Crippen LogP contribution in [0.3, 0.4) is 0 Å². The Bertz CT molecular complexity index is 1040. The van der Waals surface area contributed by atoms with Crippen LogP contribution < -0.4 is 0 Å². The summed E-state index contributed by atoms with van der Waals surface area (Å²) in [6, 6.07) is 7.17. The van der Waals surface area contributed by atoms with E-state index in [2.05, 4.69) is 0 Å². The van der Waals surface area contributed by atoms with E-state index in [-0.39, 0.29) is 18.0 Å². The Morgan fingerprint density at radius 2 is 1.93 bits per heavy atom. The van der Waals surface area contributed by atoms with Crippen molar-refractivity contribution in [2.45, 2.75) is 44.6 Å². The number of aromatic nitrogens is 1. The van der Waals surface area contributed by atoms with Crippen molar-refractivity contribution in [1.82, 2.24) is 9.47 Å². The molecule has 1 fully saturated rings. The Kier molecular flexibility index (Phi) is 5.18. The third-order valence-corrected chi connectivity index (χ3v) is 5.95. The number of carbonyl (C=O) groups is 2. The normalized spacial score (nSPS) is 15.0. The Balaban J connectivity index is 2.01. The summed E-state index contributed by atoms with van der Waals surface area (Å²) in [6.07, 6.45) is 9.17. The second-order valence-electron chi connectivity index (χ2n) is 8.02. The van der Waals surface area contributed by atoms with Gasteiger partial charge in [0.1, 0.15) is 6.54 Å². The molecule has 0 spiro atoms. The fourth-order valence-electron chi connectivity index (χ4n) is 4.47. The lowest BCUT2D eigenvalue weighted by atomic mass is 9.82. The Hall–Kier alpha value is -3.02. The molecule has 0 bridgehead atoms. The number of fused-ring (bicyclic) bond motifs is 1. The van der Waals surface area contributed by atoms with Crippen molar-refractivity contribution in [2.24, 2.45) is 0 Å². The van der Waals surface area contributed by atoms with E-state index in [4.69, 9.17) is 4.42 Å². The van der Waals surface area contributed by atoms with Gasteiger partial charge in [0.2, 0.25) is 5.91 Å². The number of hydrogen-bond donors (Lipinski definition) is 1. The zero-order valence-corrected chi connectivity index (χ0v) is 16.9. The van der Waals surface area contributed by atoms with E-state index in [0.717, 1.165) is 35.0 Å². The van der Waals surface area contributed by atoms with Gasteiger partial charge in [-0.25, -0.2) is 4.79 Å². The lowest BCUT2D eigenvalue weighted by molar-refractivity contribution is -0.129. The maximum Gasteiger partial charge on any atom is 0.335 e. The lowest BCUT2D eigenvalue weighted by Crippen LogP contribution is -2.26. The highest BCUT2D eigenvalue weighted by Crippen LogP contribution is 2.44. The standard InChI is InChI=1S/C23H26N2O4/c1-24(2)20(26)13-25-19-12-16(23(27)28)8-9-18(19)21(15-6-4-3-5-7-15)22(25)17-10-11-29-14-17/h8-12,14-15H,3-7,13H2,1-2H3,(H,27,28). The summed E-state index contributed by atoms with van der Waals surface area (Å²) in [5.74, 6) is -0.618. The highest BCUT2D eigenvalue weighted by Gasteiger charge is 2.28. The summed E-state index contributed by atoms with van der Waals surface area (Å²) in [5.41, 5.74) is 4.12. The predicted octanol–water partition coefficient (Wildman–Crippen LogP) is 4.74. The van der Waals surface area contributed by atoms with E-state index in [1.807, 2.05) is 16.7 Å². The van der Waals surface area contributed by atoms with Gasteiger partial charge in [-0.05, 0) is 42.5 Å². The summed E-state index contributed by atoms with van der Waals surface area (Å²) < 4.78 is 7.34.